The lowest BCUT2D eigenvalue weighted by atomic mass is 9.96. The Kier molecular flexibility index (Phi) is 7.88. The first-order chi connectivity index (χ1) is 18.2. The number of methoxy groups -OCH3 is 1. The Hall–Kier alpha value is -2.75. The molecular formula is C28H28ClFN2O4S2. The molecule has 200 valence electrons. The summed E-state index contributed by atoms with van der Waals surface area (Å²) in [6.07, 6.45) is 1.63. The number of hydrogen-bond donors (Lipinski definition) is 0. The quantitative estimate of drug-likeness (QED) is 0.218. The normalized spacial score (nSPS) is 17.8. The zero-order valence-electron chi connectivity index (χ0n) is 20.9. The van der Waals surface area contributed by atoms with Crippen LogP contribution in [-0.2, 0) is 33.4 Å². The first-order valence-electron chi connectivity index (χ1n) is 12.5. The molecule has 0 amide bonds. The molecule has 1 saturated carbocycles. The van der Waals surface area contributed by atoms with Crippen molar-refractivity contribution in [3.05, 3.63) is 75.8 Å². The van der Waals surface area contributed by atoms with Crippen LogP contribution in [0.1, 0.15) is 42.5 Å². The van der Waals surface area contributed by atoms with Crippen molar-refractivity contribution >= 4 is 49.5 Å². The van der Waals surface area contributed by atoms with Gasteiger partial charge in [-0.25, -0.2) is 12.8 Å². The van der Waals surface area contributed by atoms with Crippen LogP contribution < -0.4 is 4.74 Å². The number of aryl methyl sites for hydroxylation is 1. The number of benzene rings is 2. The molecule has 0 aliphatic heterocycles. The predicted molar refractivity (Wildman–Crippen MR) is 148 cm³/mol. The number of ether oxygens (including phenoxy) is 1. The molecule has 0 saturated heterocycles. The average Bonchev–Trinajstić information content (AvgIpc) is 3.62. The average molecular weight is 575 g/mol. The minimum atomic E-state index is -3.65. The summed E-state index contributed by atoms with van der Waals surface area (Å²) in [5.41, 5.74) is 3.18. The maximum absolute atomic E-state index is 13.5. The Morgan fingerprint density at radius 1 is 1.16 bits per heavy atom. The van der Waals surface area contributed by atoms with Gasteiger partial charge in [-0.1, -0.05) is 41.9 Å². The molecule has 1 aliphatic rings. The Morgan fingerprint density at radius 3 is 2.66 bits per heavy atom. The van der Waals surface area contributed by atoms with Crippen LogP contribution in [0.5, 0.6) is 5.75 Å². The first-order valence-corrected chi connectivity index (χ1v) is 15.3. The number of alkyl halides is 1. The number of halogens is 2. The van der Waals surface area contributed by atoms with E-state index in [0.29, 0.717) is 59.8 Å². The van der Waals surface area contributed by atoms with Gasteiger partial charge in [0.05, 0.1) is 34.6 Å². The molecule has 2 atom stereocenters. The predicted octanol–water partition coefficient (Wildman–Crippen LogP) is 6.42. The smallest absolute Gasteiger partial charge is 0.193 e. The zero-order chi connectivity index (χ0) is 26.9. The lowest BCUT2D eigenvalue weighted by molar-refractivity contribution is -0.122. The van der Waals surface area contributed by atoms with Gasteiger partial charge in [-0.2, -0.15) is 5.10 Å². The van der Waals surface area contributed by atoms with Gasteiger partial charge < -0.3 is 4.74 Å². The number of rotatable bonds is 10. The number of fused-ring (bicyclic) bond motifs is 1. The third-order valence-corrected chi connectivity index (χ3v) is 10.5. The van der Waals surface area contributed by atoms with Gasteiger partial charge >= 0.3 is 0 Å². The molecule has 38 heavy (non-hydrogen) atoms. The third kappa shape index (κ3) is 5.80. The fraction of sp³-hybridized carbons (Fsp3) is 0.357. The van der Waals surface area contributed by atoms with E-state index in [-0.39, 0.29) is 21.7 Å². The van der Waals surface area contributed by atoms with E-state index in [9.17, 15) is 17.6 Å². The number of carbonyl (C=O) groups excluding carboxylic acids is 1. The van der Waals surface area contributed by atoms with E-state index >= 15 is 0 Å². The highest BCUT2D eigenvalue weighted by Gasteiger charge is 2.29. The van der Waals surface area contributed by atoms with Gasteiger partial charge in [-0.15, -0.1) is 11.3 Å². The number of aromatic nitrogens is 2. The van der Waals surface area contributed by atoms with Crippen molar-refractivity contribution in [1.82, 2.24) is 9.78 Å². The van der Waals surface area contributed by atoms with Crippen molar-refractivity contribution in [1.29, 1.82) is 0 Å². The Bertz CT molecular complexity index is 1580. The van der Waals surface area contributed by atoms with Crippen molar-refractivity contribution in [2.75, 3.05) is 7.11 Å². The molecule has 0 N–H and O–H groups in total. The summed E-state index contributed by atoms with van der Waals surface area (Å²) in [6, 6.07) is 16.6. The van der Waals surface area contributed by atoms with Crippen LogP contribution in [0.15, 0.2) is 58.8 Å². The zero-order valence-corrected chi connectivity index (χ0v) is 23.3. The minimum Gasteiger partial charge on any atom is -0.496 e. The van der Waals surface area contributed by atoms with Gasteiger partial charge in [-0.3, -0.25) is 9.48 Å². The summed E-state index contributed by atoms with van der Waals surface area (Å²) in [6.45, 7) is 0.419. The second-order valence-corrected chi connectivity index (χ2v) is 13.6. The summed E-state index contributed by atoms with van der Waals surface area (Å²) in [4.78, 5) is 12.5. The molecule has 0 radical (unpaired) electrons. The monoisotopic (exact) mass is 574 g/mol. The van der Waals surface area contributed by atoms with Gasteiger partial charge in [0.25, 0.3) is 0 Å². The summed E-state index contributed by atoms with van der Waals surface area (Å²) in [7, 11) is -2.10. The summed E-state index contributed by atoms with van der Waals surface area (Å²) < 4.78 is 47.7. The van der Waals surface area contributed by atoms with Crippen LogP contribution in [0.25, 0.3) is 10.9 Å². The van der Waals surface area contributed by atoms with Crippen LogP contribution in [0, 0.1) is 5.92 Å². The largest absolute Gasteiger partial charge is 0.496 e. The Balaban J connectivity index is 1.39. The number of Topliss-reactive ketones (excluding diaryl/α,β-unsaturated/α-hetero) is 1. The van der Waals surface area contributed by atoms with E-state index in [2.05, 4.69) is 0 Å². The molecule has 4 aromatic rings. The standard InChI is InChI=1S/C28H28ClFN2O4S2/c1-36-25-7-3-6-23-28(25)22(17-38(34,35)27-13-12-26(29)37-27)31-32(23)16-19-5-2-4-18(14-19)8-11-24(33)20-9-10-21(30)15-20/h2-7,12-14,20-21H,8-11,15-17H2,1H3/t20-,21-/m0/s1. The van der Waals surface area contributed by atoms with Gasteiger partial charge in [-0.05, 0) is 61.1 Å². The van der Waals surface area contributed by atoms with Crippen LogP contribution in [-0.4, -0.2) is 37.3 Å². The first kappa shape index (κ1) is 26.8. The van der Waals surface area contributed by atoms with Gasteiger partial charge in [0.2, 0.25) is 0 Å². The molecule has 2 heterocycles. The number of thiophene rings is 1. The third-order valence-electron chi connectivity index (χ3n) is 7.02. The fourth-order valence-corrected chi connectivity index (χ4v) is 7.98. The number of ketones is 1. The summed E-state index contributed by atoms with van der Waals surface area (Å²) in [5, 5.41) is 5.37. The topological polar surface area (TPSA) is 78.3 Å². The van der Waals surface area contributed by atoms with Gasteiger partial charge in [0.1, 0.15) is 27.7 Å². The van der Waals surface area contributed by atoms with E-state index < -0.39 is 16.0 Å². The minimum absolute atomic E-state index is 0.138. The fourth-order valence-electron chi connectivity index (χ4n) is 5.13. The molecule has 1 fully saturated rings. The van der Waals surface area contributed by atoms with E-state index in [0.717, 1.165) is 28.0 Å². The Labute approximate surface area is 230 Å². The lowest BCUT2D eigenvalue weighted by Crippen LogP contribution is -2.12. The number of carbonyl (C=O) groups is 1. The van der Waals surface area contributed by atoms with Crippen molar-refractivity contribution in [3.8, 4) is 5.75 Å². The second-order valence-electron chi connectivity index (χ2n) is 9.67. The number of sulfone groups is 1. The molecule has 0 spiro atoms. The molecule has 0 unspecified atom stereocenters. The highest BCUT2D eigenvalue weighted by atomic mass is 35.5. The van der Waals surface area contributed by atoms with E-state index in [1.54, 1.807) is 23.9 Å². The molecule has 5 rings (SSSR count). The molecule has 0 bridgehead atoms. The van der Waals surface area contributed by atoms with Crippen LogP contribution >= 0.6 is 22.9 Å². The Morgan fingerprint density at radius 2 is 1.95 bits per heavy atom. The van der Waals surface area contributed by atoms with Crippen molar-refractivity contribution in [2.45, 2.75) is 54.8 Å². The van der Waals surface area contributed by atoms with E-state index in [4.69, 9.17) is 21.4 Å². The van der Waals surface area contributed by atoms with Crippen molar-refractivity contribution in [3.63, 3.8) is 0 Å². The summed E-state index contributed by atoms with van der Waals surface area (Å²) in [5.74, 6) is 0.256. The second kappa shape index (κ2) is 11.2. The maximum Gasteiger partial charge on any atom is 0.193 e. The van der Waals surface area contributed by atoms with Crippen molar-refractivity contribution < 1.29 is 22.3 Å². The van der Waals surface area contributed by atoms with Gasteiger partial charge in [0, 0.05) is 12.3 Å². The van der Waals surface area contributed by atoms with Gasteiger partial charge in [0.15, 0.2) is 9.84 Å². The molecular weight excluding hydrogens is 547 g/mol. The molecule has 6 nitrogen and oxygen atoms in total. The van der Waals surface area contributed by atoms with E-state index in [1.165, 1.54) is 6.07 Å². The summed E-state index contributed by atoms with van der Waals surface area (Å²) >= 11 is 7.00. The van der Waals surface area contributed by atoms with Crippen LogP contribution in [0.2, 0.25) is 4.34 Å². The molecule has 2 aromatic carbocycles. The highest BCUT2D eigenvalue weighted by molar-refractivity contribution is 7.92. The van der Waals surface area contributed by atoms with Crippen LogP contribution in [0.3, 0.4) is 0 Å². The highest BCUT2D eigenvalue weighted by Crippen LogP contribution is 2.34. The lowest BCUT2D eigenvalue weighted by Gasteiger charge is -2.09. The van der Waals surface area contributed by atoms with Crippen LogP contribution in [0.4, 0.5) is 4.39 Å². The number of hydrogen-bond acceptors (Lipinski definition) is 6. The molecule has 10 heteroatoms. The SMILES string of the molecule is COc1cccc2c1c(CS(=O)(=O)c1ccc(Cl)s1)nn2Cc1cccc(CCC(=O)[C@H]2CC[C@H](F)C2)c1. The molecule has 1 aliphatic carbocycles. The van der Waals surface area contributed by atoms with E-state index in [1.807, 2.05) is 36.4 Å². The maximum atomic E-state index is 13.5. The number of nitrogens with zero attached hydrogens (tertiary/aromatic N) is 2. The molecule has 2 aromatic heterocycles. The van der Waals surface area contributed by atoms with Crippen molar-refractivity contribution in [2.24, 2.45) is 5.92 Å².